The highest BCUT2D eigenvalue weighted by Crippen LogP contribution is 2.37. The number of anilines is 2. The lowest BCUT2D eigenvalue weighted by atomic mass is 10.1. The Hall–Kier alpha value is -4.89. The van der Waals surface area contributed by atoms with E-state index in [-0.39, 0.29) is 22.7 Å². The fraction of sp³-hybridized carbons (Fsp3) is 0.0938. The largest absolute Gasteiger partial charge is 0.322 e. The molecule has 1 heterocycles. The van der Waals surface area contributed by atoms with Crippen LogP contribution in [-0.2, 0) is 11.8 Å². The van der Waals surface area contributed by atoms with Gasteiger partial charge in [0.1, 0.15) is 16.8 Å². The van der Waals surface area contributed by atoms with Gasteiger partial charge in [0.2, 0.25) is 5.91 Å². The normalized spacial score (nSPS) is 11.6. The van der Waals surface area contributed by atoms with Gasteiger partial charge in [-0.05, 0) is 55.0 Å². The molecule has 4 aromatic carbocycles. The number of para-hydroxylation sites is 1. The first kappa shape index (κ1) is 27.7. The molecule has 0 aliphatic carbocycles. The summed E-state index contributed by atoms with van der Waals surface area (Å²) in [6.07, 6.45) is 0. The van der Waals surface area contributed by atoms with Gasteiger partial charge in [-0.25, -0.2) is 9.07 Å². The van der Waals surface area contributed by atoms with Crippen molar-refractivity contribution in [3.05, 3.63) is 142 Å². The number of carbonyl (C=O) groups excluding carboxylic acids is 2. The Morgan fingerprint density at radius 3 is 2.20 bits per heavy atom. The molecule has 2 N–H and O–H groups in total. The molecule has 0 fully saturated rings. The summed E-state index contributed by atoms with van der Waals surface area (Å²) in [5, 5.41) is 4.89. The maximum Gasteiger partial charge on any atom is 0.295 e. The number of amides is 2. The molecular formula is C32H27FN4O3S. The monoisotopic (exact) mass is 566 g/mol. The highest BCUT2D eigenvalue weighted by atomic mass is 32.2. The molecule has 9 heteroatoms. The van der Waals surface area contributed by atoms with Crippen LogP contribution in [0.5, 0.6) is 0 Å². The quantitative estimate of drug-likeness (QED) is 0.215. The van der Waals surface area contributed by atoms with Crippen molar-refractivity contribution in [1.82, 2.24) is 9.36 Å². The third-order valence-electron chi connectivity index (χ3n) is 6.61. The molecule has 0 spiro atoms. The van der Waals surface area contributed by atoms with Crippen LogP contribution in [-0.4, -0.2) is 21.2 Å². The van der Waals surface area contributed by atoms with Crippen LogP contribution in [0.15, 0.2) is 119 Å². The number of hydrogen-bond donors (Lipinski definition) is 2. The number of hydrogen-bond acceptors (Lipinski definition) is 4. The maximum absolute atomic E-state index is 14.1. The van der Waals surface area contributed by atoms with E-state index in [1.165, 1.54) is 34.6 Å². The number of aromatic nitrogens is 2. The van der Waals surface area contributed by atoms with Crippen molar-refractivity contribution >= 4 is 35.0 Å². The number of halogens is 1. The SMILES string of the molecule is Cc1c(NC(=O)C(Sc2cccc(NC(=O)c3ccccc3F)c2)c2ccccc2)c(=O)n(-c2ccccc2)n1C. The summed E-state index contributed by atoms with van der Waals surface area (Å²) in [6, 6.07) is 31.2. The molecule has 2 amide bonds. The fourth-order valence-electron chi connectivity index (χ4n) is 4.43. The van der Waals surface area contributed by atoms with E-state index >= 15 is 0 Å². The van der Waals surface area contributed by atoms with Crippen LogP contribution in [0.1, 0.15) is 26.9 Å². The average Bonchev–Trinajstić information content (AvgIpc) is 3.19. The van der Waals surface area contributed by atoms with Crippen LogP contribution in [0.4, 0.5) is 15.8 Å². The summed E-state index contributed by atoms with van der Waals surface area (Å²) in [7, 11) is 1.77. The van der Waals surface area contributed by atoms with Gasteiger partial charge in [-0.1, -0.05) is 66.7 Å². The summed E-state index contributed by atoms with van der Waals surface area (Å²) in [6.45, 7) is 1.78. The van der Waals surface area contributed by atoms with Gasteiger partial charge in [-0.3, -0.25) is 19.1 Å². The van der Waals surface area contributed by atoms with Gasteiger partial charge in [0.05, 0.1) is 16.9 Å². The second kappa shape index (κ2) is 12.1. The molecule has 0 aliphatic rings. The van der Waals surface area contributed by atoms with Crippen molar-refractivity contribution in [3.63, 3.8) is 0 Å². The molecule has 1 unspecified atom stereocenters. The predicted molar refractivity (Wildman–Crippen MR) is 160 cm³/mol. The first-order chi connectivity index (χ1) is 19.8. The zero-order valence-corrected chi connectivity index (χ0v) is 23.2. The highest BCUT2D eigenvalue weighted by Gasteiger charge is 2.26. The molecule has 1 aromatic heterocycles. The number of rotatable bonds is 8. The standard InChI is InChI=1S/C32H27FN4O3S/c1-21-28(32(40)37(36(21)2)24-15-7-4-8-16-24)35-31(39)29(22-12-5-3-6-13-22)41-25-17-11-14-23(20-25)34-30(38)26-18-9-10-19-27(26)33/h3-20,29H,1-2H3,(H,34,38)(H,35,39). The highest BCUT2D eigenvalue weighted by molar-refractivity contribution is 8.00. The molecule has 5 rings (SSSR count). The number of nitrogens with zero attached hydrogens (tertiary/aromatic N) is 2. The maximum atomic E-state index is 14.1. The predicted octanol–water partition coefficient (Wildman–Crippen LogP) is 6.35. The van der Waals surface area contributed by atoms with Crippen LogP contribution in [0.25, 0.3) is 5.69 Å². The van der Waals surface area contributed by atoms with Crippen molar-refractivity contribution in [2.45, 2.75) is 17.1 Å². The minimum absolute atomic E-state index is 0.0634. The van der Waals surface area contributed by atoms with Crippen molar-refractivity contribution in [2.75, 3.05) is 10.6 Å². The van der Waals surface area contributed by atoms with Crippen molar-refractivity contribution in [2.24, 2.45) is 7.05 Å². The molecule has 0 saturated carbocycles. The number of carbonyl (C=O) groups is 2. The molecular weight excluding hydrogens is 539 g/mol. The number of thioether (sulfide) groups is 1. The molecule has 0 aliphatic heterocycles. The number of benzene rings is 4. The van der Waals surface area contributed by atoms with E-state index < -0.39 is 17.0 Å². The Bertz CT molecular complexity index is 1770. The second-order valence-corrected chi connectivity index (χ2v) is 10.5. The lowest BCUT2D eigenvalue weighted by molar-refractivity contribution is -0.115. The van der Waals surface area contributed by atoms with Crippen molar-refractivity contribution < 1.29 is 14.0 Å². The molecule has 1 atom stereocenters. The van der Waals surface area contributed by atoms with E-state index in [0.717, 1.165) is 5.56 Å². The summed E-state index contributed by atoms with van der Waals surface area (Å²) in [5.41, 5.74) is 2.31. The Labute approximate surface area is 240 Å². The topological polar surface area (TPSA) is 85.1 Å². The summed E-state index contributed by atoms with van der Waals surface area (Å²) in [5.74, 6) is -1.55. The Morgan fingerprint density at radius 1 is 0.829 bits per heavy atom. The fourth-order valence-corrected chi connectivity index (χ4v) is 5.51. The van der Waals surface area contributed by atoms with Crippen LogP contribution in [0, 0.1) is 12.7 Å². The summed E-state index contributed by atoms with van der Waals surface area (Å²) >= 11 is 1.28. The molecule has 206 valence electrons. The van der Waals surface area contributed by atoms with Crippen LogP contribution in [0.2, 0.25) is 0 Å². The third-order valence-corrected chi connectivity index (χ3v) is 7.86. The lowest BCUT2D eigenvalue weighted by Crippen LogP contribution is -2.25. The van der Waals surface area contributed by atoms with Gasteiger partial charge >= 0.3 is 0 Å². The van der Waals surface area contributed by atoms with E-state index in [1.54, 1.807) is 42.9 Å². The van der Waals surface area contributed by atoms with E-state index in [4.69, 9.17) is 0 Å². The molecule has 0 saturated heterocycles. The zero-order chi connectivity index (χ0) is 28.9. The smallest absolute Gasteiger partial charge is 0.295 e. The van der Waals surface area contributed by atoms with E-state index in [2.05, 4.69) is 10.6 Å². The molecule has 7 nitrogen and oxygen atoms in total. The zero-order valence-electron chi connectivity index (χ0n) is 22.4. The van der Waals surface area contributed by atoms with Crippen LogP contribution >= 0.6 is 11.8 Å². The number of nitrogens with one attached hydrogen (secondary N) is 2. The van der Waals surface area contributed by atoms with Gasteiger partial charge in [-0.2, -0.15) is 0 Å². The Morgan fingerprint density at radius 2 is 1.49 bits per heavy atom. The molecule has 0 radical (unpaired) electrons. The first-order valence-electron chi connectivity index (χ1n) is 12.9. The summed E-state index contributed by atoms with van der Waals surface area (Å²) in [4.78, 5) is 40.5. The molecule has 41 heavy (non-hydrogen) atoms. The second-order valence-electron chi connectivity index (χ2n) is 9.30. The first-order valence-corrected chi connectivity index (χ1v) is 13.7. The van der Waals surface area contributed by atoms with E-state index in [9.17, 15) is 18.8 Å². The Kier molecular flexibility index (Phi) is 8.16. The molecule has 0 bridgehead atoms. The van der Waals surface area contributed by atoms with E-state index in [0.29, 0.717) is 22.0 Å². The van der Waals surface area contributed by atoms with Gasteiger partial charge in [0.25, 0.3) is 11.5 Å². The minimum Gasteiger partial charge on any atom is -0.322 e. The Balaban J connectivity index is 1.42. The molecule has 5 aromatic rings. The van der Waals surface area contributed by atoms with Crippen molar-refractivity contribution in [1.29, 1.82) is 0 Å². The van der Waals surface area contributed by atoms with Gasteiger partial charge in [-0.15, -0.1) is 11.8 Å². The average molecular weight is 567 g/mol. The van der Waals surface area contributed by atoms with Gasteiger partial charge in [0.15, 0.2) is 0 Å². The summed E-state index contributed by atoms with van der Waals surface area (Å²) < 4.78 is 17.3. The van der Waals surface area contributed by atoms with Crippen molar-refractivity contribution in [3.8, 4) is 5.69 Å². The van der Waals surface area contributed by atoms with E-state index in [1.807, 2.05) is 66.7 Å². The van der Waals surface area contributed by atoms with Gasteiger partial charge < -0.3 is 10.6 Å². The minimum atomic E-state index is -0.710. The van der Waals surface area contributed by atoms with Crippen LogP contribution < -0.4 is 16.2 Å². The van der Waals surface area contributed by atoms with Crippen LogP contribution in [0.3, 0.4) is 0 Å². The van der Waals surface area contributed by atoms with Gasteiger partial charge in [0, 0.05) is 17.6 Å². The third kappa shape index (κ3) is 6.00. The lowest BCUT2D eigenvalue weighted by Gasteiger charge is -2.17.